The fourth-order valence-corrected chi connectivity index (χ4v) is 4.42. The molecule has 1 fully saturated rings. The highest BCUT2D eigenvalue weighted by Gasteiger charge is 2.25. The first-order valence-electron chi connectivity index (χ1n) is 11.2. The maximum Gasteiger partial charge on any atom is 0.246 e. The van der Waals surface area contributed by atoms with E-state index in [0.717, 1.165) is 71.9 Å². The SMILES string of the molecule is COc1ccccc1C(C)=CC(=O)N(C)C1CCN(Cc2ncc(C)c(OC)c2C)CC1. The predicted molar refractivity (Wildman–Crippen MR) is 128 cm³/mol. The third-order valence-corrected chi connectivity index (χ3v) is 6.45. The van der Waals surface area contributed by atoms with Crippen LogP contribution in [0.15, 0.2) is 36.5 Å². The van der Waals surface area contributed by atoms with Crippen LogP contribution in [0, 0.1) is 13.8 Å². The molecule has 0 N–H and O–H groups in total. The number of likely N-dealkylation sites (N-methyl/N-ethyl adjacent to an activating group) is 1. The van der Waals surface area contributed by atoms with Crippen LogP contribution in [0.2, 0.25) is 0 Å². The van der Waals surface area contributed by atoms with Crippen LogP contribution in [0.4, 0.5) is 0 Å². The molecule has 1 amide bonds. The molecule has 32 heavy (non-hydrogen) atoms. The molecule has 1 aromatic heterocycles. The molecule has 0 radical (unpaired) electrons. The zero-order chi connectivity index (χ0) is 23.3. The summed E-state index contributed by atoms with van der Waals surface area (Å²) in [6, 6.07) is 8.02. The van der Waals surface area contributed by atoms with Crippen molar-refractivity contribution < 1.29 is 14.3 Å². The molecule has 0 atom stereocenters. The number of nitrogens with zero attached hydrogens (tertiary/aromatic N) is 3. The van der Waals surface area contributed by atoms with Crippen LogP contribution in [0.3, 0.4) is 0 Å². The van der Waals surface area contributed by atoms with E-state index in [4.69, 9.17) is 9.47 Å². The van der Waals surface area contributed by atoms with Crippen LogP contribution >= 0.6 is 0 Å². The Morgan fingerprint density at radius 2 is 1.88 bits per heavy atom. The standard InChI is InChI=1S/C26H35N3O3/c1-18(22-9-7-8-10-24(22)31-5)15-25(30)28(4)21-11-13-29(14-12-21)17-23-20(3)26(32-6)19(2)16-27-23/h7-10,15-16,21H,11-14,17H2,1-6H3. The Labute approximate surface area is 191 Å². The van der Waals surface area contributed by atoms with Gasteiger partial charge in [0.25, 0.3) is 0 Å². The minimum Gasteiger partial charge on any atom is -0.496 e. The Hall–Kier alpha value is -2.86. The van der Waals surface area contributed by atoms with E-state index in [-0.39, 0.29) is 11.9 Å². The smallest absolute Gasteiger partial charge is 0.246 e. The van der Waals surface area contributed by atoms with Crippen LogP contribution in [0.25, 0.3) is 5.57 Å². The van der Waals surface area contributed by atoms with Gasteiger partial charge in [0.15, 0.2) is 0 Å². The number of benzene rings is 1. The third kappa shape index (κ3) is 5.30. The van der Waals surface area contributed by atoms with Gasteiger partial charge < -0.3 is 14.4 Å². The van der Waals surface area contributed by atoms with Gasteiger partial charge in [-0.15, -0.1) is 0 Å². The first-order valence-corrected chi connectivity index (χ1v) is 11.2. The second-order valence-corrected chi connectivity index (χ2v) is 8.53. The number of piperidine rings is 1. The van der Waals surface area contributed by atoms with Crippen LogP contribution in [0.1, 0.15) is 42.1 Å². The second kappa shape index (κ2) is 10.6. The minimum atomic E-state index is 0.0349. The van der Waals surface area contributed by atoms with E-state index in [0.29, 0.717) is 0 Å². The lowest BCUT2D eigenvalue weighted by Crippen LogP contribution is -2.45. The van der Waals surface area contributed by atoms with Crippen LogP contribution in [0.5, 0.6) is 11.5 Å². The van der Waals surface area contributed by atoms with Crippen molar-refractivity contribution in [1.29, 1.82) is 0 Å². The van der Waals surface area contributed by atoms with Gasteiger partial charge in [0.2, 0.25) is 5.91 Å². The molecule has 0 aliphatic carbocycles. The monoisotopic (exact) mass is 437 g/mol. The largest absolute Gasteiger partial charge is 0.496 e. The van der Waals surface area contributed by atoms with Gasteiger partial charge in [-0.25, -0.2) is 0 Å². The predicted octanol–water partition coefficient (Wildman–Crippen LogP) is 4.24. The number of para-hydroxylation sites is 1. The fraction of sp³-hybridized carbons (Fsp3) is 0.462. The number of hydrogen-bond donors (Lipinski definition) is 0. The molecule has 1 saturated heterocycles. The van der Waals surface area contributed by atoms with Crippen molar-refractivity contribution in [3.05, 3.63) is 58.9 Å². The number of hydrogen-bond acceptors (Lipinski definition) is 5. The van der Waals surface area contributed by atoms with Gasteiger partial charge >= 0.3 is 0 Å². The first kappa shape index (κ1) is 23.8. The molecule has 1 aliphatic rings. The normalized spacial score (nSPS) is 15.5. The molecule has 172 valence electrons. The maximum absolute atomic E-state index is 12.9. The Kier molecular flexibility index (Phi) is 7.91. The summed E-state index contributed by atoms with van der Waals surface area (Å²) in [5, 5.41) is 0. The molecule has 0 unspecified atom stereocenters. The summed E-state index contributed by atoms with van der Waals surface area (Å²) in [5.41, 5.74) is 5.09. The number of amides is 1. The number of ether oxygens (including phenoxy) is 2. The molecule has 2 aromatic rings. The van der Waals surface area contributed by atoms with E-state index >= 15 is 0 Å². The molecule has 1 aliphatic heterocycles. The lowest BCUT2D eigenvalue weighted by molar-refractivity contribution is -0.127. The number of allylic oxidation sites excluding steroid dienone is 1. The van der Waals surface area contributed by atoms with Gasteiger partial charge in [-0.2, -0.15) is 0 Å². The number of aromatic nitrogens is 1. The minimum absolute atomic E-state index is 0.0349. The summed E-state index contributed by atoms with van der Waals surface area (Å²) in [7, 11) is 5.27. The lowest BCUT2D eigenvalue weighted by atomic mass is 10.0. The third-order valence-electron chi connectivity index (χ3n) is 6.45. The second-order valence-electron chi connectivity index (χ2n) is 8.53. The first-order chi connectivity index (χ1) is 15.3. The summed E-state index contributed by atoms with van der Waals surface area (Å²) in [5.74, 6) is 1.74. The summed E-state index contributed by atoms with van der Waals surface area (Å²) in [6.45, 7) is 8.73. The highest BCUT2D eigenvalue weighted by molar-refractivity contribution is 5.95. The van der Waals surface area contributed by atoms with Gasteiger partial charge in [0.05, 0.1) is 19.9 Å². The van der Waals surface area contributed by atoms with Gasteiger partial charge in [0, 0.05) is 61.7 Å². The van der Waals surface area contributed by atoms with Crippen molar-refractivity contribution in [2.24, 2.45) is 0 Å². The molecule has 0 bridgehead atoms. The average molecular weight is 438 g/mol. The Balaban J connectivity index is 1.59. The number of rotatable bonds is 7. The van der Waals surface area contributed by atoms with Gasteiger partial charge in [-0.1, -0.05) is 18.2 Å². The number of methoxy groups -OCH3 is 2. The summed E-state index contributed by atoms with van der Waals surface area (Å²) < 4.78 is 11.0. The van der Waals surface area contributed by atoms with Gasteiger partial charge in [0.1, 0.15) is 11.5 Å². The van der Waals surface area contributed by atoms with Crippen LogP contribution in [-0.4, -0.2) is 61.1 Å². The van der Waals surface area contributed by atoms with Crippen molar-refractivity contribution in [2.45, 2.75) is 46.2 Å². The number of carbonyl (C=O) groups excluding carboxylic acids is 1. The molecule has 6 heteroatoms. The van der Waals surface area contributed by atoms with Crippen LogP contribution < -0.4 is 9.47 Å². The van der Waals surface area contributed by atoms with E-state index in [9.17, 15) is 4.79 Å². The zero-order valence-corrected chi connectivity index (χ0v) is 20.1. The molecule has 6 nitrogen and oxygen atoms in total. The topological polar surface area (TPSA) is 54.9 Å². The van der Waals surface area contributed by atoms with Crippen molar-refractivity contribution >= 4 is 11.5 Å². The molecule has 0 saturated carbocycles. The quantitative estimate of drug-likeness (QED) is 0.607. The molecule has 2 heterocycles. The van der Waals surface area contributed by atoms with E-state index in [1.807, 2.05) is 56.3 Å². The molecule has 0 spiro atoms. The summed E-state index contributed by atoms with van der Waals surface area (Å²) in [6.07, 6.45) is 5.50. The molecule has 3 rings (SSSR count). The van der Waals surface area contributed by atoms with Crippen molar-refractivity contribution in [1.82, 2.24) is 14.8 Å². The lowest BCUT2D eigenvalue weighted by Gasteiger charge is -2.36. The maximum atomic E-state index is 12.9. The average Bonchev–Trinajstić information content (AvgIpc) is 2.81. The Morgan fingerprint density at radius 1 is 1.19 bits per heavy atom. The zero-order valence-electron chi connectivity index (χ0n) is 20.1. The highest BCUT2D eigenvalue weighted by atomic mass is 16.5. The summed E-state index contributed by atoms with van der Waals surface area (Å²) >= 11 is 0. The number of pyridine rings is 1. The van der Waals surface area contributed by atoms with Crippen LogP contribution in [-0.2, 0) is 11.3 Å². The van der Waals surface area contributed by atoms with Crippen molar-refractivity contribution in [3.8, 4) is 11.5 Å². The van der Waals surface area contributed by atoms with Crippen molar-refractivity contribution in [3.63, 3.8) is 0 Å². The highest BCUT2D eigenvalue weighted by Crippen LogP contribution is 2.27. The molecular weight excluding hydrogens is 402 g/mol. The fourth-order valence-electron chi connectivity index (χ4n) is 4.42. The summed E-state index contributed by atoms with van der Waals surface area (Å²) in [4.78, 5) is 21.8. The number of likely N-dealkylation sites (tertiary alicyclic amines) is 1. The van der Waals surface area contributed by atoms with Gasteiger partial charge in [-0.05, 0) is 45.3 Å². The van der Waals surface area contributed by atoms with E-state index in [1.165, 1.54) is 0 Å². The van der Waals surface area contributed by atoms with Crippen molar-refractivity contribution in [2.75, 3.05) is 34.4 Å². The number of aryl methyl sites for hydroxylation is 1. The Bertz CT molecular complexity index is 978. The van der Waals surface area contributed by atoms with E-state index < -0.39 is 0 Å². The molecule has 1 aromatic carbocycles. The van der Waals surface area contributed by atoms with Gasteiger partial charge in [-0.3, -0.25) is 14.7 Å². The van der Waals surface area contributed by atoms with E-state index in [1.54, 1.807) is 20.3 Å². The van der Waals surface area contributed by atoms with E-state index in [2.05, 4.69) is 16.8 Å². The Morgan fingerprint density at radius 3 is 2.53 bits per heavy atom. The number of carbonyl (C=O) groups is 1. The molecular formula is C26H35N3O3.